The molecule has 0 radical (unpaired) electrons. The van der Waals surface area contributed by atoms with Gasteiger partial charge in [0.1, 0.15) is 0 Å². The second kappa shape index (κ2) is 8.48. The van der Waals surface area contributed by atoms with Crippen LogP contribution in [0.5, 0.6) is 0 Å². The van der Waals surface area contributed by atoms with Crippen LogP contribution in [0.4, 0.5) is 11.4 Å². The molecule has 4 nitrogen and oxygen atoms in total. The highest BCUT2D eigenvalue weighted by molar-refractivity contribution is 6.03. The van der Waals surface area contributed by atoms with Crippen LogP contribution >= 0.6 is 0 Å². The number of para-hydroxylation sites is 1. The summed E-state index contributed by atoms with van der Waals surface area (Å²) in [5.74, 6) is 2.52. The molecule has 12 rings (SSSR count). The topological polar surface area (TPSA) is 41.3 Å². The van der Waals surface area contributed by atoms with Crippen LogP contribution in [0.15, 0.2) is 131 Å². The summed E-state index contributed by atoms with van der Waals surface area (Å²) in [6.07, 6.45) is 22.6. The van der Waals surface area contributed by atoms with Gasteiger partial charge in [-0.25, -0.2) is 4.98 Å². The predicted molar refractivity (Wildman–Crippen MR) is 198 cm³/mol. The summed E-state index contributed by atoms with van der Waals surface area (Å²) in [5, 5.41) is 3.97. The Bertz CT molecular complexity index is 2310. The Kier molecular flexibility index (Phi) is 4.68. The van der Waals surface area contributed by atoms with Crippen LogP contribution in [0.1, 0.15) is 75.9 Å². The molecule has 3 heterocycles. The molecule has 3 fully saturated rings. The maximum absolute atomic E-state index is 6.44. The molecule has 6 aliphatic carbocycles. The number of hydrogen-bond acceptors (Lipinski definition) is 4. The lowest BCUT2D eigenvalue weighted by Gasteiger charge is -2.41. The molecule has 1 aromatic heterocycles. The summed E-state index contributed by atoms with van der Waals surface area (Å²) in [6, 6.07) is 28.9. The fraction of sp³-hybridized carbons (Fsp3) is 0.311. The van der Waals surface area contributed by atoms with Crippen LogP contribution in [0.3, 0.4) is 0 Å². The van der Waals surface area contributed by atoms with Gasteiger partial charge < -0.3 is 14.6 Å². The lowest BCUT2D eigenvalue weighted by molar-refractivity contribution is 0.216. The highest BCUT2D eigenvalue weighted by Gasteiger charge is 2.76. The highest BCUT2D eigenvalue weighted by Crippen LogP contribution is 2.77. The number of oxazole rings is 1. The molecule has 0 amide bonds. The van der Waals surface area contributed by atoms with E-state index >= 15 is 0 Å². The van der Waals surface area contributed by atoms with E-state index < -0.39 is 0 Å². The highest BCUT2D eigenvalue weighted by atomic mass is 16.4. The van der Waals surface area contributed by atoms with Crippen LogP contribution in [0, 0.1) is 16.7 Å². The van der Waals surface area contributed by atoms with E-state index in [4.69, 9.17) is 9.40 Å². The molecule has 1 N–H and O–H groups in total. The average Bonchev–Trinajstić information content (AvgIpc) is 4.06. The zero-order chi connectivity index (χ0) is 32.4. The monoisotopic (exact) mass is 639 g/mol. The largest absolute Gasteiger partial charge is 0.436 e. The van der Waals surface area contributed by atoms with Crippen LogP contribution in [-0.4, -0.2) is 16.1 Å². The third-order valence-corrected chi connectivity index (χ3v) is 14.1. The molecule has 0 bridgehead atoms. The van der Waals surface area contributed by atoms with E-state index in [1.165, 1.54) is 40.9 Å². The molecule has 2 aliphatic heterocycles. The minimum atomic E-state index is -0.0487. The summed E-state index contributed by atoms with van der Waals surface area (Å²) in [6.45, 7) is 5.09. The SMILES string of the molecule is CC1(C)CC2=C(CC=CC3(c4ccc5c(c4)C4=Cc6oc(-c7ccccc7)nc6C6CC46N5)CC23)N(c2ccccc2)C23C=CC=CC12C3.[HH]. The lowest BCUT2D eigenvalue weighted by Crippen LogP contribution is -2.43. The zero-order valence-corrected chi connectivity index (χ0v) is 28.0. The Hall–Kier alpha value is -4.83. The van der Waals surface area contributed by atoms with E-state index in [0.717, 1.165) is 42.2 Å². The Morgan fingerprint density at radius 2 is 1.71 bits per heavy atom. The van der Waals surface area contributed by atoms with Crippen molar-refractivity contribution in [2.24, 2.45) is 16.7 Å². The smallest absolute Gasteiger partial charge is 0.226 e. The molecule has 242 valence electrons. The van der Waals surface area contributed by atoms with Crippen molar-refractivity contribution in [2.45, 2.75) is 68.4 Å². The van der Waals surface area contributed by atoms with Crippen LogP contribution in [-0.2, 0) is 5.41 Å². The number of aromatic nitrogens is 1. The molecule has 6 atom stereocenters. The van der Waals surface area contributed by atoms with Gasteiger partial charge in [0.15, 0.2) is 5.76 Å². The fourth-order valence-corrected chi connectivity index (χ4v) is 11.4. The number of fused-ring (bicyclic) bond motifs is 6. The molecule has 1 spiro atoms. The van der Waals surface area contributed by atoms with Crippen molar-refractivity contribution >= 4 is 23.0 Å². The first-order valence-corrected chi connectivity index (χ1v) is 18.2. The number of nitrogens with zero attached hydrogens (tertiary/aromatic N) is 2. The summed E-state index contributed by atoms with van der Waals surface area (Å²) < 4.78 is 6.44. The van der Waals surface area contributed by atoms with Crippen molar-refractivity contribution < 1.29 is 5.84 Å². The molecular weight excluding hydrogens is 599 g/mol. The molecule has 4 heteroatoms. The summed E-state index contributed by atoms with van der Waals surface area (Å²) in [4.78, 5) is 7.81. The van der Waals surface area contributed by atoms with Gasteiger partial charge in [0.25, 0.3) is 0 Å². The Labute approximate surface area is 289 Å². The molecule has 0 saturated heterocycles. The first kappa shape index (κ1) is 27.0. The predicted octanol–water partition coefficient (Wildman–Crippen LogP) is 10.5. The summed E-state index contributed by atoms with van der Waals surface area (Å²) in [7, 11) is 0. The standard InChI is InChI=1S/C45H39N3O.H2/c1-41(2)24-32-34-25-42(34,19-11-16-37(32)48(30-14-7-4-8-15-30)44-21-10-9-20-43(41,44)27-44)29-17-18-36-31(22-29)33-23-38-39(35-26-45(33,35)47-36)46-40(49-38)28-12-5-3-6-13-28;/h3-15,17-23,34-35,47H,16,24-27H2,1-2H3;1H. The summed E-state index contributed by atoms with van der Waals surface area (Å²) in [5.41, 5.74) is 12.4. The van der Waals surface area contributed by atoms with Crippen molar-refractivity contribution in [1.29, 1.82) is 0 Å². The Balaban J connectivity index is 0.00000300. The van der Waals surface area contributed by atoms with Gasteiger partial charge in [0.05, 0.1) is 16.8 Å². The van der Waals surface area contributed by atoms with Crippen molar-refractivity contribution in [3.63, 3.8) is 0 Å². The first-order valence-electron chi connectivity index (χ1n) is 18.2. The van der Waals surface area contributed by atoms with Crippen molar-refractivity contribution in [3.05, 3.63) is 149 Å². The van der Waals surface area contributed by atoms with Crippen molar-refractivity contribution in [1.82, 2.24) is 4.98 Å². The first-order chi connectivity index (χ1) is 23.9. The fourth-order valence-electron chi connectivity index (χ4n) is 11.4. The second-order valence-corrected chi connectivity index (χ2v) is 16.7. The van der Waals surface area contributed by atoms with Crippen LogP contribution in [0.2, 0.25) is 0 Å². The van der Waals surface area contributed by atoms with Gasteiger partial charge in [0.2, 0.25) is 5.89 Å². The Morgan fingerprint density at radius 1 is 0.898 bits per heavy atom. The van der Waals surface area contributed by atoms with E-state index in [2.05, 4.69) is 127 Å². The lowest BCUT2D eigenvalue weighted by atomic mass is 9.68. The van der Waals surface area contributed by atoms with E-state index in [1.54, 1.807) is 11.3 Å². The zero-order valence-electron chi connectivity index (χ0n) is 28.0. The van der Waals surface area contributed by atoms with Gasteiger partial charge in [-0.3, -0.25) is 0 Å². The molecule has 8 aliphatic rings. The third-order valence-electron chi connectivity index (χ3n) is 14.1. The Morgan fingerprint density at radius 3 is 2.57 bits per heavy atom. The van der Waals surface area contributed by atoms with Crippen LogP contribution in [0.25, 0.3) is 23.1 Å². The molecule has 49 heavy (non-hydrogen) atoms. The van der Waals surface area contributed by atoms with Crippen LogP contribution < -0.4 is 10.2 Å². The molecule has 4 aromatic rings. The number of hydrogen-bond donors (Lipinski definition) is 1. The normalized spacial score (nSPS) is 35.6. The third kappa shape index (κ3) is 3.16. The minimum absolute atomic E-state index is 0. The van der Waals surface area contributed by atoms with E-state index in [1.807, 2.05) is 18.2 Å². The van der Waals surface area contributed by atoms with E-state index in [0.29, 0.717) is 11.8 Å². The number of rotatable bonds is 3. The maximum atomic E-state index is 6.44. The van der Waals surface area contributed by atoms with Crippen molar-refractivity contribution in [2.75, 3.05) is 10.2 Å². The van der Waals surface area contributed by atoms with Crippen molar-refractivity contribution in [3.8, 4) is 11.5 Å². The van der Waals surface area contributed by atoms with Gasteiger partial charge in [-0.15, -0.1) is 0 Å². The molecular formula is C45H41N3O. The minimum Gasteiger partial charge on any atom is -0.436 e. The van der Waals surface area contributed by atoms with Gasteiger partial charge in [-0.2, -0.15) is 0 Å². The number of anilines is 2. The van der Waals surface area contributed by atoms with E-state index in [-0.39, 0.29) is 28.7 Å². The average molecular weight is 640 g/mol. The van der Waals surface area contributed by atoms with Gasteiger partial charge in [0, 0.05) is 52.8 Å². The number of benzene rings is 3. The number of allylic oxidation sites excluding steroid dienone is 5. The molecule has 6 unspecified atom stereocenters. The van der Waals surface area contributed by atoms with Gasteiger partial charge >= 0.3 is 0 Å². The van der Waals surface area contributed by atoms with E-state index in [9.17, 15) is 0 Å². The maximum Gasteiger partial charge on any atom is 0.226 e. The van der Waals surface area contributed by atoms with Gasteiger partial charge in [-0.05, 0) is 96.2 Å². The second-order valence-electron chi connectivity index (χ2n) is 16.7. The molecule has 3 aromatic carbocycles. The molecule has 3 saturated carbocycles. The quantitative estimate of drug-likeness (QED) is 0.227. The summed E-state index contributed by atoms with van der Waals surface area (Å²) >= 11 is 0. The van der Waals surface area contributed by atoms with Gasteiger partial charge in [-0.1, -0.05) is 92.8 Å². The number of nitrogens with one attached hydrogen (secondary N) is 1.